The van der Waals surface area contributed by atoms with Crippen LogP contribution in [0.1, 0.15) is 5.56 Å². The predicted octanol–water partition coefficient (Wildman–Crippen LogP) is 5.49. The van der Waals surface area contributed by atoms with E-state index in [2.05, 4.69) is 43.2 Å². The van der Waals surface area contributed by atoms with Gasteiger partial charge in [0.2, 0.25) is 0 Å². The molecule has 0 amide bonds. The van der Waals surface area contributed by atoms with E-state index in [1.54, 1.807) is 20.3 Å². The first-order chi connectivity index (χ1) is 10.0. The molecule has 0 saturated heterocycles. The van der Waals surface area contributed by atoms with Crippen LogP contribution in [0, 0.1) is 0 Å². The lowest BCUT2D eigenvalue weighted by Crippen LogP contribution is -2.02. The second kappa shape index (κ2) is 7.38. The molecule has 2 rings (SSSR count). The summed E-state index contributed by atoms with van der Waals surface area (Å²) in [6, 6.07) is 9.66. The van der Waals surface area contributed by atoms with Crippen LogP contribution < -0.4 is 14.8 Å². The maximum Gasteiger partial charge on any atom is 0.143 e. The Hall–Kier alpha value is -0.910. The SMILES string of the molecule is COc1cc(NCc2ccc(Br)c(Br)c2)c(OC)cc1Cl. The Morgan fingerprint density at radius 2 is 1.71 bits per heavy atom. The molecule has 3 nitrogen and oxygen atoms in total. The van der Waals surface area contributed by atoms with Crippen LogP contribution >= 0.6 is 43.5 Å². The van der Waals surface area contributed by atoms with Crippen molar-refractivity contribution in [2.45, 2.75) is 6.54 Å². The fourth-order valence-corrected chi connectivity index (χ4v) is 2.75. The fraction of sp³-hybridized carbons (Fsp3) is 0.200. The van der Waals surface area contributed by atoms with Gasteiger partial charge in [0, 0.05) is 27.6 Å². The highest BCUT2D eigenvalue weighted by atomic mass is 79.9. The first-order valence-corrected chi connectivity index (χ1v) is 8.11. The summed E-state index contributed by atoms with van der Waals surface area (Å²) in [6.45, 7) is 0.660. The van der Waals surface area contributed by atoms with Crippen molar-refractivity contribution in [3.63, 3.8) is 0 Å². The van der Waals surface area contributed by atoms with Gasteiger partial charge in [-0.25, -0.2) is 0 Å². The number of rotatable bonds is 5. The number of hydrogen-bond donors (Lipinski definition) is 1. The van der Waals surface area contributed by atoms with Crippen molar-refractivity contribution in [2.75, 3.05) is 19.5 Å². The molecule has 0 aliphatic rings. The van der Waals surface area contributed by atoms with Gasteiger partial charge in [-0.3, -0.25) is 0 Å². The van der Waals surface area contributed by atoms with Crippen LogP contribution in [-0.2, 0) is 6.54 Å². The normalized spacial score (nSPS) is 10.3. The van der Waals surface area contributed by atoms with E-state index in [-0.39, 0.29) is 0 Å². The number of hydrogen-bond acceptors (Lipinski definition) is 3. The molecule has 0 saturated carbocycles. The zero-order valence-electron chi connectivity index (χ0n) is 11.5. The van der Waals surface area contributed by atoms with Gasteiger partial charge in [-0.15, -0.1) is 0 Å². The second-order valence-electron chi connectivity index (χ2n) is 4.29. The fourth-order valence-electron chi connectivity index (χ4n) is 1.85. The molecule has 0 atom stereocenters. The van der Waals surface area contributed by atoms with Crippen molar-refractivity contribution in [2.24, 2.45) is 0 Å². The Kier molecular flexibility index (Phi) is 5.79. The van der Waals surface area contributed by atoms with Gasteiger partial charge in [0.25, 0.3) is 0 Å². The van der Waals surface area contributed by atoms with Crippen LogP contribution in [0.25, 0.3) is 0 Å². The number of halogens is 3. The Balaban J connectivity index is 2.20. The molecule has 0 unspecified atom stereocenters. The lowest BCUT2D eigenvalue weighted by atomic mass is 10.2. The van der Waals surface area contributed by atoms with Crippen molar-refractivity contribution in [3.05, 3.63) is 49.9 Å². The van der Waals surface area contributed by atoms with E-state index in [0.29, 0.717) is 23.1 Å². The van der Waals surface area contributed by atoms with Gasteiger partial charge in [0.05, 0.1) is 24.9 Å². The number of anilines is 1. The minimum Gasteiger partial charge on any atom is -0.495 e. The molecule has 1 N–H and O–H groups in total. The Morgan fingerprint density at radius 1 is 1.00 bits per heavy atom. The van der Waals surface area contributed by atoms with Crippen LogP contribution in [0.2, 0.25) is 5.02 Å². The van der Waals surface area contributed by atoms with E-state index in [1.165, 1.54) is 0 Å². The average molecular weight is 436 g/mol. The van der Waals surface area contributed by atoms with Gasteiger partial charge in [0.1, 0.15) is 11.5 Å². The molecule has 0 spiro atoms. The summed E-state index contributed by atoms with van der Waals surface area (Å²) in [5.41, 5.74) is 1.97. The standard InChI is InChI=1S/C15H14Br2ClNO2/c1-20-14-7-13(15(21-2)6-12(14)18)19-8-9-3-4-10(16)11(17)5-9/h3-7,19H,8H2,1-2H3. The summed E-state index contributed by atoms with van der Waals surface area (Å²) in [4.78, 5) is 0. The molecule has 0 fully saturated rings. The van der Waals surface area contributed by atoms with Gasteiger partial charge in [-0.2, -0.15) is 0 Å². The van der Waals surface area contributed by atoms with E-state index >= 15 is 0 Å². The third-order valence-electron chi connectivity index (χ3n) is 2.94. The predicted molar refractivity (Wildman–Crippen MR) is 93.7 cm³/mol. The maximum absolute atomic E-state index is 6.09. The van der Waals surface area contributed by atoms with E-state index in [1.807, 2.05) is 18.2 Å². The molecule has 0 radical (unpaired) electrons. The molecule has 6 heteroatoms. The molecule has 2 aromatic carbocycles. The zero-order valence-corrected chi connectivity index (χ0v) is 15.5. The summed E-state index contributed by atoms with van der Waals surface area (Å²) in [5, 5.41) is 3.85. The minimum atomic E-state index is 0.520. The van der Waals surface area contributed by atoms with Crippen molar-refractivity contribution in [3.8, 4) is 11.5 Å². The average Bonchev–Trinajstić information content (AvgIpc) is 2.48. The highest BCUT2D eigenvalue weighted by molar-refractivity contribution is 9.13. The van der Waals surface area contributed by atoms with E-state index in [4.69, 9.17) is 21.1 Å². The molecule has 21 heavy (non-hydrogen) atoms. The Labute approximate surface area is 145 Å². The number of benzene rings is 2. The van der Waals surface area contributed by atoms with Crippen LogP contribution in [0.3, 0.4) is 0 Å². The van der Waals surface area contributed by atoms with Crippen LogP contribution in [-0.4, -0.2) is 14.2 Å². The second-order valence-corrected chi connectivity index (χ2v) is 6.40. The van der Waals surface area contributed by atoms with Crippen LogP contribution in [0.4, 0.5) is 5.69 Å². The third-order valence-corrected chi connectivity index (χ3v) is 5.12. The lowest BCUT2D eigenvalue weighted by Gasteiger charge is -2.14. The molecule has 0 bridgehead atoms. The number of methoxy groups -OCH3 is 2. The highest BCUT2D eigenvalue weighted by Gasteiger charge is 2.10. The van der Waals surface area contributed by atoms with Gasteiger partial charge in [0.15, 0.2) is 0 Å². The minimum absolute atomic E-state index is 0.520. The van der Waals surface area contributed by atoms with E-state index in [0.717, 1.165) is 20.2 Å². The molecular weight excluding hydrogens is 421 g/mol. The summed E-state index contributed by atoms with van der Waals surface area (Å²) in [6.07, 6.45) is 0. The number of ether oxygens (including phenoxy) is 2. The quantitative estimate of drug-likeness (QED) is 0.673. The van der Waals surface area contributed by atoms with Gasteiger partial charge in [-0.1, -0.05) is 17.7 Å². The lowest BCUT2D eigenvalue weighted by molar-refractivity contribution is 0.404. The summed E-state index contributed by atoms with van der Waals surface area (Å²) < 4.78 is 12.6. The monoisotopic (exact) mass is 433 g/mol. The van der Waals surface area contributed by atoms with E-state index in [9.17, 15) is 0 Å². The van der Waals surface area contributed by atoms with Gasteiger partial charge in [-0.05, 0) is 49.6 Å². The zero-order chi connectivity index (χ0) is 15.4. The largest absolute Gasteiger partial charge is 0.495 e. The Bertz CT molecular complexity index is 650. The van der Waals surface area contributed by atoms with Crippen molar-refractivity contribution in [1.29, 1.82) is 0 Å². The molecule has 0 aliphatic carbocycles. The van der Waals surface area contributed by atoms with Crippen LogP contribution in [0.5, 0.6) is 11.5 Å². The van der Waals surface area contributed by atoms with E-state index < -0.39 is 0 Å². The van der Waals surface area contributed by atoms with Gasteiger partial charge < -0.3 is 14.8 Å². The highest BCUT2D eigenvalue weighted by Crippen LogP contribution is 2.36. The topological polar surface area (TPSA) is 30.5 Å². The molecule has 2 aromatic rings. The summed E-state index contributed by atoms with van der Waals surface area (Å²) >= 11 is 13.0. The number of nitrogens with one attached hydrogen (secondary N) is 1. The van der Waals surface area contributed by atoms with Crippen molar-refractivity contribution < 1.29 is 9.47 Å². The third kappa shape index (κ3) is 4.05. The molecule has 0 aromatic heterocycles. The Morgan fingerprint density at radius 3 is 2.33 bits per heavy atom. The van der Waals surface area contributed by atoms with Crippen LogP contribution in [0.15, 0.2) is 39.3 Å². The summed E-state index contributed by atoms with van der Waals surface area (Å²) in [7, 11) is 3.20. The van der Waals surface area contributed by atoms with Gasteiger partial charge >= 0.3 is 0 Å². The summed E-state index contributed by atoms with van der Waals surface area (Å²) in [5.74, 6) is 1.29. The van der Waals surface area contributed by atoms with Crippen molar-refractivity contribution >= 4 is 49.1 Å². The molecule has 112 valence electrons. The first-order valence-electron chi connectivity index (χ1n) is 6.14. The maximum atomic E-state index is 6.09. The molecular formula is C15H14Br2ClNO2. The first kappa shape index (κ1) is 16.5. The molecule has 0 aliphatic heterocycles. The molecule has 0 heterocycles. The smallest absolute Gasteiger partial charge is 0.143 e. The van der Waals surface area contributed by atoms with Crippen molar-refractivity contribution in [1.82, 2.24) is 0 Å².